The van der Waals surface area contributed by atoms with Crippen LogP contribution in [-0.2, 0) is 0 Å². The molecule has 7 heteroatoms. The van der Waals surface area contributed by atoms with Crippen LogP contribution >= 0.6 is 11.3 Å². The summed E-state index contributed by atoms with van der Waals surface area (Å²) < 4.78 is 0. The molecule has 0 radical (unpaired) electrons. The molecule has 0 aromatic carbocycles. The number of thiophene rings is 1. The minimum absolute atomic E-state index is 0.00590. The maximum atomic E-state index is 12.8. The number of hydrogen-bond acceptors (Lipinski definition) is 5. The van der Waals surface area contributed by atoms with Gasteiger partial charge in [0.2, 0.25) is 0 Å². The van der Waals surface area contributed by atoms with Gasteiger partial charge in [-0.3, -0.25) is 14.6 Å². The van der Waals surface area contributed by atoms with Gasteiger partial charge in [0, 0.05) is 31.0 Å². The Labute approximate surface area is 144 Å². The lowest BCUT2D eigenvalue weighted by atomic mass is 10.1. The van der Waals surface area contributed by atoms with Crippen molar-refractivity contribution in [2.24, 2.45) is 5.92 Å². The molecule has 1 aliphatic rings. The zero-order valence-electron chi connectivity index (χ0n) is 13.5. The summed E-state index contributed by atoms with van der Waals surface area (Å²) >= 11 is 1.36. The van der Waals surface area contributed by atoms with E-state index in [-0.39, 0.29) is 11.8 Å². The van der Waals surface area contributed by atoms with Gasteiger partial charge in [0.05, 0.1) is 5.69 Å². The SMILES string of the molecule is CNCC1CCN(C(=O)c2sccc2NC(=O)c2ccncc2)C1. The third-order valence-electron chi connectivity index (χ3n) is 4.12. The zero-order chi connectivity index (χ0) is 16.9. The highest BCUT2D eigenvalue weighted by Crippen LogP contribution is 2.27. The van der Waals surface area contributed by atoms with Gasteiger partial charge in [0.15, 0.2) is 0 Å². The van der Waals surface area contributed by atoms with Crippen LogP contribution in [0.5, 0.6) is 0 Å². The molecule has 1 atom stereocenters. The standard InChI is InChI=1S/C17H20N4O2S/c1-18-10-12-4-8-21(11-12)17(23)15-14(5-9-24-15)20-16(22)13-2-6-19-7-3-13/h2-3,5-7,9,12,18H,4,8,10-11H2,1H3,(H,20,22). The molecule has 1 saturated heterocycles. The van der Waals surface area contributed by atoms with Gasteiger partial charge in [-0.2, -0.15) is 0 Å². The summed E-state index contributed by atoms with van der Waals surface area (Å²) in [6.45, 7) is 2.44. The average molecular weight is 344 g/mol. The van der Waals surface area contributed by atoms with Crippen LogP contribution in [0.25, 0.3) is 0 Å². The van der Waals surface area contributed by atoms with Crippen LogP contribution in [0.4, 0.5) is 5.69 Å². The Bertz CT molecular complexity index is 716. The van der Waals surface area contributed by atoms with E-state index in [2.05, 4.69) is 15.6 Å². The molecular formula is C17H20N4O2S. The quantitative estimate of drug-likeness (QED) is 0.871. The predicted octanol–water partition coefficient (Wildman–Crippen LogP) is 2.08. The highest BCUT2D eigenvalue weighted by Gasteiger charge is 2.28. The second-order valence-corrected chi connectivity index (χ2v) is 6.73. The van der Waals surface area contributed by atoms with Gasteiger partial charge in [0.25, 0.3) is 11.8 Å². The number of aromatic nitrogens is 1. The summed E-state index contributed by atoms with van der Waals surface area (Å²) in [7, 11) is 1.93. The van der Waals surface area contributed by atoms with Gasteiger partial charge in [-0.05, 0) is 49.5 Å². The number of likely N-dealkylation sites (tertiary alicyclic amines) is 1. The Hall–Kier alpha value is -2.25. The Morgan fingerprint density at radius 2 is 2.12 bits per heavy atom. The fourth-order valence-electron chi connectivity index (χ4n) is 2.89. The van der Waals surface area contributed by atoms with E-state index >= 15 is 0 Å². The molecule has 1 unspecified atom stereocenters. The van der Waals surface area contributed by atoms with Crippen molar-refractivity contribution in [3.05, 3.63) is 46.4 Å². The molecule has 1 fully saturated rings. The van der Waals surface area contributed by atoms with E-state index in [1.807, 2.05) is 17.3 Å². The minimum Gasteiger partial charge on any atom is -0.338 e. The maximum Gasteiger partial charge on any atom is 0.266 e. The van der Waals surface area contributed by atoms with Gasteiger partial charge in [0.1, 0.15) is 4.88 Å². The third kappa shape index (κ3) is 3.63. The third-order valence-corrected chi connectivity index (χ3v) is 5.02. The molecule has 0 bridgehead atoms. The number of hydrogen-bond donors (Lipinski definition) is 2. The van der Waals surface area contributed by atoms with E-state index in [0.717, 1.165) is 26.1 Å². The molecule has 3 heterocycles. The summed E-state index contributed by atoms with van der Waals surface area (Å²) in [6, 6.07) is 5.07. The van der Waals surface area contributed by atoms with E-state index in [0.29, 0.717) is 22.0 Å². The molecule has 2 amide bonds. The van der Waals surface area contributed by atoms with Crippen molar-refractivity contribution in [2.75, 3.05) is 32.0 Å². The van der Waals surface area contributed by atoms with Crippen molar-refractivity contribution in [3.8, 4) is 0 Å². The fourth-order valence-corrected chi connectivity index (χ4v) is 3.70. The fraction of sp³-hybridized carbons (Fsp3) is 0.353. The number of nitrogens with one attached hydrogen (secondary N) is 2. The molecule has 2 N–H and O–H groups in total. The zero-order valence-corrected chi connectivity index (χ0v) is 14.3. The topological polar surface area (TPSA) is 74.3 Å². The van der Waals surface area contributed by atoms with Crippen molar-refractivity contribution in [3.63, 3.8) is 0 Å². The first-order valence-corrected chi connectivity index (χ1v) is 8.79. The molecule has 6 nitrogen and oxygen atoms in total. The Kier molecular flexibility index (Phi) is 5.22. The van der Waals surface area contributed by atoms with E-state index in [9.17, 15) is 9.59 Å². The molecule has 0 aliphatic carbocycles. The number of amides is 2. The number of carbonyl (C=O) groups is 2. The van der Waals surface area contributed by atoms with Gasteiger partial charge in [-0.15, -0.1) is 11.3 Å². The first kappa shape index (κ1) is 16.6. The molecule has 0 spiro atoms. The molecule has 2 aromatic rings. The largest absolute Gasteiger partial charge is 0.338 e. The average Bonchev–Trinajstić information content (AvgIpc) is 3.25. The van der Waals surface area contributed by atoms with Gasteiger partial charge < -0.3 is 15.5 Å². The minimum atomic E-state index is -0.237. The van der Waals surface area contributed by atoms with Crippen molar-refractivity contribution < 1.29 is 9.59 Å². The lowest BCUT2D eigenvalue weighted by molar-refractivity contribution is 0.0793. The van der Waals surface area contributed by atoms with E-state index in [1.54, 1.807) is 30.6 Å². The summed E-state index contributed by atoms with van der Waals surface area (Å²) in [6.07, 6.45) is 4.15. The summed E-state index contributed by atoms with van der Waals surface area (Å²) in [5, 5.41) is 7.82. The lowest BCUT2D eigenvalue weighted by Crippen LogP contribution is -2.30. The first-order chi connectivity index (χ1) is 11.7. The van der Waals surface area contributed by atoms with Crippen molar-refractivity contribution >= 4 is 28.8 Å². The van der Waals surface area contributed by atoms with Crippen molar-refractivity contribution in [2.45, 2.75) is 6.42 Å². The van der Waals surface area contributed by atoms with Crippen molar-refractivity contribution in [1.82, 2.24) is 15.2 Å². The van der Waals surface area contributed by atoms with E-state index in [1.165, 1.54) is 11.3 Å². The summed E-state index contributed by atoms with van der Waals surface area (Å²) in [5.41, 5.74) is 1.09. The molecular weight excluding hydrogens is 324 g/mol. The number of anilines is 1. The van der Waals surface area contributed by atoms with Crippen LogP contribution in [0, 0.1) is 5.92 Å². The second-order valence-electron chi connectivity index (χ2n) is 5.82. The lowest BCUT2D eigenvalue weighted by Gasteiger charge is -2.17. The van der Waals surface area contributed by atoms with Gasteiger partial charge >= 0.3 is 0 Å². The number of pyridine rings is 1. The first-order valence-electron chi connectivity index (χ1n) is 7.91. The highest BCUT2D eigenvalue weighted by atomic mass is 32.1. The van der Waals surface area contributed by atoms with E-state index < -0.39 is 0 Å². The summed E-state index contributed by atoms with van der Waals surface area (Å²) in [5.74, 6) is 0.252. The van der Waals surface area contributed by atoms with Gasteiger partial charge in [-0.1, -0.05) is 0 Å². The predicted molar refractivity (Wildman–Crippen MR) is 94.4 cm³/mol. The molecule has 1 aliphatic heterocycles. The number of rotatable bonds is 5. The Morgan fingerprint density at radius 1 is 1.33 bits per heavy atom. The number of nitrogens with zero attached hydrogens (tertiary/aromatic N) is 2. The van der Waals surface area contributed by atoms with Crippen LogP contribution in [0.1, 0.15) is 26.5 Å². The number of carbonyl (C=O) groups excluding carboxylic acids is 2. The molecule has 3 rings (SSSR count). The second kappa shape index (κ2) is 7.55. The van der Waals surface area contributed by atoms with Crippen molar-refractivity contribution in [1.29, 1.82) is 0 Å². The Balaban J connectivity index is 1.69. The van der Waals surface area contributed by atoms with Crippen LogP contribution in [0.3, 0.4) is 0 Å². The van der Waals surface area contributed by atoms with Gasteiger partial charge in [-0.25, -0.2) is 0 Å². The van der Waals surface area contributed by atoms with Crippen LogP contribution in [0.15, 0.2) is 36.0 Å². The molecule has 126 valence electrons. The van der Waals surface area contributed by atoms with Crippen LogP contribution in [-0.4, -0.2) is 48.4 Å². The maximum absolute atomic E-state index is 12.8. The summed E-state index contributed by atoms with van der Waals surface area (Å²) in [4.78, 5) is 31.4. The Morgan fingerprint density at radius 3 is 2.88 bits per heavy atom. The normalized spacial score (nSPS) is 17.0. The van der Waals surface area contributed by atoms with Crippen LogP contribution in [0.2, 0.25) is 0 Å². The molecule has 0 saturated carbocycles. The smallest absolute Gasteiger partial charge is 0.266 e. The molecule has 2 aromatic heterocycles. The van der Waals surface area contributed by atoms with E-state index in [4.69, 9.17) is 0 Å². The molecule has 24 heavy (non-hydrogen) atoms. The van der Waals surface area contributed by atoms with Crippen LogP contribution < -0.4 is 10.6 Å². The highest BCUT2D eigenvalue weighted by molar-refractivity contribution is 7.12. The monoisotopic (exact) mass is 344 g/mol.